The maximum atomic E-state index is 11.9. The second kappa shape index (κ2) is 10.6. The maximum Gasteiger partial charge on any atom is 0.169 e. The highest BCUT2D eigenvalue weighted by Crippen LogP contribution is 2.25. The fourth-order valence-corrected chi connectivity index (χ4v) is 1.45. The second-order valence-corrected chi connectivity index (χ2v) is 4.13. The molecule has 0 amide bonds. The molecule has 2 heteroatoms. The van der Waals surface area contributed by atoms with Gasteiger partial charge >= 0.3 is 0 Å². The number of hydrogen-bond acceptors (Lipinski definition) is 2. The number of phenols is 1. The van der Waals surface area contributed by atoms with Crippen molar-refractivity contribution >= 4 is 5.78 Å². The summed E-state index contributed by atoms with van der Waals surface area (Å²) in [6.45, 7) is 15.7. The monoisotopic (exact) mass is 266 g/mol. The van der Waals surface area contributed by atoms with Gasteiger partial charge in [-0.05, 0) is 43.5 Å². The lowest BCUT2D eigenvalue weighted by Crippen LogP contribution is -2.10. The molecule has 1 unspecified atom stereocenters. The Labute approximate surface area is 118 Å². The largest absolute Gasteiger partial charge is 0.507 e. The van der Waals surface area contributed by atoms with E-state index in [4.69, 9.17) is 0 Å². The highest BCUT2D eigenvalue weighted by atomic mass is 16.3. The standard InChI is InChI=1S/C13H18O2.2C2H6/c1-5-8(2)13(15)11-6-9(3)10(4)7-12(11)14;2*1-2/h6-8,14H,5H2,1-4H3;2*1-2H3. The van der Waals surface area contributed by atoms with Crippen molar-refractivity contribution in [3.8, 4) is 5.75 Å². The molecule has 1 aromatic carbocycles. The van der Waals surface area contributed by atoms with Crippen molar-refractivity contribution in [2.45, 2.75) is 61.8 Å². The van der Waals surface area contributed by atoms with Gasteiger partial charge in [0.2, 0.25) is 0 Å². The van der Waals surface area contributed by atoms with E-state index in [1.165, 1.54) is 0 Å². The number of aryl methyl sites for hydroxylation is 2. The molecule has 1 atom stereocenters. The van der Waals surface area contributed by atoms with Gasteiger partial charge in [0.15, 0.2) is 5.78 Å². The van der Waals surface area contributed by atoms with Crippen LogP contribution in [0.15, 0.2) is 12.1 Å². The average Bonchev–Trinajstić information content (AvgIpc) is 2.45. The molecule has 1 rings (SSSR count). The fourth-order valence-electron chi connectivity index (χ4n) is 1.45. The Morgan fingerprint density at radius 3 is 1.95 bits per heavy atom. The molecule has 2 nitrogen and oxygen atoms in total. The summed E-state index contributed by atoms with van der Waals surface area (Å²) in [5.74, 6) is 0.0968. The molecule has 0 radical (unpaired) electrons. The van der Waals surface area contributed by atoms with Crippen molar-refractivity contribution < 1.29 is 9.90 Å². The molecular weight excluding hydrogens is 236 g/mol. The smallest absolute Gasteiger partial charge is 0.169 e. The van der Waals surface area contributed by atoms with Crippen molar-refractivity contribution in [1.82, 2.24) is 0 Å². The Kier molecular flexibility index (Phi) is 11.2. The Balaban J connectivity index is 0. The predicted molar refractivity (Wildman–Crippen MR) is 84.1 cm³/mol. The number of carbonyl (C=O) groups excluding carboxylic acids is 1. The number of carbonyl (C=O) groups is 1. The van der Waals surface area contributed by atoms with Crippen LogP contribution in [-0.2, 0) is 0 Å². The van der Waals surface area contributed by atoms with Crippen LogP contribution in [0.2, 0.25) is 0 Å². The fraction of sp³-hybridized carbons (Fsp3) is 0.588. The molecule has 0 fully saturated rings. The van der Waals surface area contributed by atoms with Crippen molar-refractivity contribution in [2.24, 2.45) is 5.92 Å². The minimum atomic E-state index is -0.0296. The summed E-state index contributed by atoms with van der Waals surface area (Å²) < 4.78 is 0. The average molecular weight is 266 g/mol. The molecule has 0 aromatic heterocycles. The summed E-state index contributed by atoms with van der Waals surface area (Å²) in [6.07, 6.45) is 0.797. The number of hydrogen-bond donors (Lipinski definition) is 1. The van der Waals surface area contributed by atoms with E-state index in [2.05, 4.69) is 0 Å². The van der Waals surface area contributed by atoms with Gasteiger partial charge < -0.3 is 5.11 Å². The lowest BCUT2D eigenvalue weighted by molar-refractivity contribution is 0.0924. The Morgan fingerprint density at radius 2 is 1.53 bits per heavy atom. The third kappa shape index (κ3) is 5.91. The summed E-state index contributed by atoms with van der Waals surface area (Å²) in [5, 5.41) is 9.71. The third-order valence-electron chi connectivity index (χ3n) is 2.94. The maximum absolute atomic E-state index is 11.9. The number of ketones is 1. The van der Waals surface area contributed by atoms with Crippen molar-refractivity contribution in [2.75, 3.05) is 0 Å². The molecule has 0 bridgehead atoms. The van der Waals surface area contributed by atoms with E-state index in [1.54, 1.807) is 12.1 Å². The van der Waals surface area contributed by atoms with Gasteiger partial charge in [-0.2, -0.15) is 0 Å². The summed E-state index contributed by atoms with van der Waals surface area (Å²) in [7, 11) is 0. The van der Waals surface area contributed by atoms with E-state index in [9.17, 15) is 9.90 Å². The zero-order valence-corrected chi connectivity index (χ0v) is 13.8. The molecule has 19 heavy (non-hydrogen) atoms. The normalized spacial score (nSPS) is 10.5. The van der Waals surface area contributed by atoms with E-state index in [-0.39, 0.29) is 17.5 Å². The molecule has 0 aliphatic heterocycles. The molecule has 0 heterocycles. The van der Waals surface area contributed by atoms with Gasteiger partial charge in [0.05, 0.1) is 5.56 Å². The van der Waals surface area contributed by atoms with Gasteiger partial charge in [-0.1, -0.05) is 41.5 Å². The van der Waals surface area contributed by atoms with Crippen LogP contribution in [0.3, 0.4) is 0 Å². The van der Waals surface area contributed by atoms with Crippen LogP contribution in [0.25, 0.3) is 0 Å². The minimum Gasteiger partial charge on any atom is -0.507 e. The van der Waals surface area contributed by atoms with Crippen LogP contribution in [0.1, 0.15) is 69.4 Å². The van der Waals surface area contributed by atoms with Crippen molar-refractivity contribution in [3.05, 3.63) is 28.8 Å². The Morgan fingerprint density at radius 1 is 1.11 bits per heavy atom. The summed E-state index contributed by atoms with van der Waals surface area (Å²) in [6, 6.07) is 3.43. The van der Waals surface area contributed by atoms with Crippen LogP contribution in [0.5, 0.6) is 5.75 Å². The summed E-state index contributed by atoms with van der Waals surface area (Å²) in [5.41, 5.74) is 2.50. The van der Waals surface area contributed by atoms with Crippen molar-refractivity contribution in [3.63, 3.8) is 0 Å². The van der Waals surface area contributed by atoms with E-state index in [1.807, 2.05) is 55.4 Å². The zero-order valence-electron chi connectivity index (χ0n) is 13.8. The topological polar surface area (TPSA) is 37.3 Å². The van der Waals surface area contributed by atoms with Gasteiger partial charge in [0.1, 0.15) is 5.75 Å². The Hall–Kier alpha value is -1.31. The minimum absolute atomic E-state index is 0.0260. The van der Waals surface area contributed by atoms with E-state index >= 15 is 0 Å². The van der Waals surface area contributed by atoms with Crippen LogP contribution in [0.4, 0.5) is 0 Å². The van der Waals surface area contributed by atoms with Gasteiger partial charge in [0, 0.05) is 5.92 Å². The molecule has 0 spiro atoms. The third-order valence-corrected chi connectivity index (χ3v) is 2.94. The number of benzene rings is 1. The number of phenolic OH excluding ortho intramolecular Hbond substituents is 1. The number of Topliss-reactive ketones (excluding diaryl/α,β-unsaturated/α-hetero) is 1. The molecule has 1 N–H and O–H groups in total. The molecule has 110 valence electrons. The van der Waals surface area contributed by atoms with Crippen LogP contribution < -0.4 is 0 Å². The quantitative estimate of drug-likeness (QED) is 0.755. The van der Waals surface area contributed by atoms with E-state index < -0.39 is 0 Å². The first-order chi connectivity index (χ1) is 8.97. The predicted octanol–water partition coefficient (Wildman–Crippen LogP) is 5.29. The lowest BCUT2D eigenvalue weighted by atomic mass is 9.94. The van der Waals surface area contributed by atoms with Crippen LogP contribution in [0, 0.1) is 19.8 Å². The molecule has 1 aromatic rings. The van der Waals surface area contributed by atoms with Crippen molar-refractivity contribution in [1.29, 1.82) is 0 Å². The van der Waals surface area contributed by atoms with Gasteiger partial charge in [0.25, 0.3) is 0 Å². The van der Waals surface area contributed by atoms with Gasteiger partial charge in [-0.25, -0.2) is 0 Å². The molecule has 0 aliphatic rings. The number of rotatable bonds is 3. The summed E-state index contributed by atoms with van der Waals surface area (Å²) in [4.78, 5) is 11.9. The van der Waals surface area contributed by atoms with Crippen LogP contribution in [-0.4, -0.2) is 10.9 Å². The molecular formula is C17H30O2. The van der Waals surface area contributed by atoms with E-state index in [0.29, 0.717) is 5.56 Å². The van der Waals surface area contributed by atoms with Gasteiger partial charge in [-0.3, -0.25) is 4.79 Å². The Bertz CT molecular complexity index is 381. The first-order valence-corrected chi connectivity index (χ1v) is 7.31. The van der Waals surface area contributed by atoms with Crippen LogP contribution >= 0.6 is 0 Å². The highest BCUT2D eigenvalue weighted by Gasteiger charge is 2.17. The lowest BCUT2D eigenvalue weighted by Gasteiger charge is -2.11. The molecule has 0 saturated carbocycles. The molecule has 0 saturated heterocycles. The first kappa shape index (κ1) is 20.0. The molecule has 0 aliphatic carbocycles. The number of aromatic hydroxyl groups is 1. The highest BCUT2D eigenvalue weighted by molar-refractivity contribution is 6.00. The zero-order chi connectivity index (χ0) is 15.6. The second-order valence-electron chi connectivity index (χ2n) is 4.13. The van der Waals surface area contributed by atoms with Gasteiger partial charge in [-0.15, -0.1) is 0 Å². The first-order valence-electron chi connectivity index (χ1n) is 7.31. The van der Waals surface area contributed by atoms with E-state index in [0.717, 1.165) is 17.5 Å². The SMILES string of the molecule is CC.CC.CCC(C)C(=O)c1cc(C)c(C)cc1O. The summed E-state index contributed by atoms with van der Waals surface area (Å²) >= 11 is 0.